The van der Waals surface area contributed by atoms with Crippen LogP contribution in [0.2, 0.25) is 0 Å². The van der Waals surface area contributed by atoms with Crippen molar-refractivity contribution in [1.82, 2.24) is 4.90 Å². The number of hydrogen-bond donors (Lipinski definition) is 0. The lowest BCUT2D eigenvalue weighted by atomic mass is 9.97. The number of rotatable bonds is 5. The highest BCUT2D eigenvalue weighted by atomic mass is 79.9. The Morgan fingerprint density at radius 1 is 1.40 bits per heavy atom. The first-order chi connectivity index (χ1) is 7.19. The summed E-state index contributed by atoms with van der Waals surface area (Å²) in [6, 6.07) is 0. The molecule has 1 atom stereocenters. The molecule has 1 rings (SSSR count). The van der Waals surface area contributed by atoms with Crippen LogP contribution in [0.4, 0.5) is 0 Å². The fourth-order valence-corrected chi connectivity index (χ4v) is 2.82. The number of carbonyl (C=O) groups excluding carboxylic acids is 1. The highest BCUT2D eigenvalue weighted by Gasteiger charge is 2.28. The number of hydrogen-bond acceptors (Lipinski definition) is 1. The fraction of sp³-hybridized carbons (Fsp3) is 0.917. The Balaban J connectivity index is 2.47. The number of nitrogens with zero attached hydrogens (tertiary/aromatic N) is 1. The summed E-state index contributed by atoms with van der Waals surface area (Å²) in [7, 11) is 0. The summed E-state index contributed by atoms with van der Waals surface area (Å²) in [5.41, 5.74) is 0. The monoisotopic (exact) mass is 275 g/mol. The van der Waals surface area contributed by atoms with Crippen molar-refractivity contribution in [3.05, 3.63) is 0 Å². The lowest BCUT2D eigenvalue weighted by Gasteiger charge is -2.22. The largest absolute Gasteiger partial charge is 0.341 e. The van der Waals surface area contributed by atoms with E-state index in [1.807, 2.05) is 4.90 Å². The zero-order chi connectivity index (χ0) is 11.3. The molecule has 88 valence electrons. The van der Waals surface area contributed by atoms with Crippen molar-refractivity contribution in [2.24, 2.45) is 5.92 Å². The molecule has 1 unspecified atom stereocenters. The van der Waals surface area contributed by atoms with Gasteiger partial charge in [0.1, 0.15) is 0 Å². The minimum absolute atomic E-state index is 0.276. The molecule has 0 radical (unpaired) electrons. The zero-order valence-corrected chi connectivity index (χ0v) is 11.4. The Bertz CT molecular complexity index is 202. The van der Waals surface area contributed by atoms with Crippen LogP contribution in [0.1, 0.15) is 46.0 Å². The standard InChI is InChI=1S/C12H22BrNO/c1-3-5-10(6-4-2)12(15)14-8-7-11(13)9-14/h10-11H,3-9H2,1-2H3. The second-order valence-corrected chi connectivity index (χ2v) is 5.74. The van der Waals surface area contributed by atoms with Gasteiger partial charge in [-0.05, 0) is 19.3 Å². The molecule has 2 nitrogen and oxygen atoms in total. The number of alkyl halides is 1. The first-order valence-corrected chi connectivity index (χ1v) is 7.03. The van der Waals surface area contributed by atoms with Gasteiger partial charge in [-0.25, -0.2) is 0 Å². The van der Waals surface area contributed by atoms with E-state index in [-0.39, 0.29) is 5.92 Å². The van der Waals surface area contributed by atoms with Crippen molar-refractivity contribution in [2.45, 2.75) is 50.8 Å². The van der Waals surface area contributed by atoms with Crippen LogP contribution in [0.25, 0.3) is 0 Å². The van der Waals surface area contributed by atoms with E-state index >= 15 is 0 Å². The Morgan fingerprint density at radius 3 is 2.40 bits per heavy atom. The summed E-state index contributed by atoms with van der Waals surface area (Å²) in [6.45, 7) is 6.17. The molecule has 1 saturated heterocycles. The molecular weight excluding hydrogens is 254 g/mol. The average Bonchev–Trinajstić information content (AvgIpc) is 2.63. The molecule has 1 heterocycles. The zero-order valence-electron chi connectivity index (χ0n) is 9.84. The predicted molar refractivity (Wildman–Crippen MR) is 67.2 cm³/mol. The van der Waals surface area contributed by atoms with Gasteiger partial charge in [0.25, 0.3) is 0 Å². The quantitative estimate of drug-likeness (QED) is 0.706. The van der Waals surface area contributed by atoms with Gasteiger partial charge in [0.15, 0.2) is 0 Å². The Kier molecular flexibility index (Phi) is 5.65. The van der Waals surface area contributed by atoms with E-state index in [1.165, 1.54) is 0 Å². The van der Waals surface area contributed by atoms with Gasteiger partial charge in [-0.1, -0.05) is 42.6 Å². The van der Waals surface area contributed by atoms with Crippen molar-refractivity contribution < 1.29 is 4.79 Å². The fourth-order valence-electron chi connectivity index (χ4n) is 2.26. The van der Waals surface area contributed by atoms with Crippen LogP contribution in [0.15, 0.2) is 0 Å². The van der Waals surface area contributed by atoms with E-state index in [4.69, 9.17) is 0 Å². The van der Waals surface area contributed by atoms with Crippen LogP contribution in [0.5, 0.6) is 0 Å². The molecule has 0 aliphatic carbocycles. The van der Waals surface area contributed by atoms with Crippen LogP contribution in [-0.4, -0.2) is 28.7 Å². The van der Waals surface area contributed by atoms with E-state index in [1.54, 1.807) is 0 Å². The molecule has 0 saturated carbocycles. The molecule has 0 spiro atoms. The molecular formula is C12H22BrNO. The van der Waals surface area contributed by atoms with E-state index in [2.05, 4.69) is 29.8 Å². The van der Waals surface area contributed by atoms with Gasteiger partial charge in [0.05, 0.1) is 0 Å². The molecule has 0 aromatic heterocycles. The molecule has 1 aliphatic heterocycles. The summed E-state index contributed by atoms with van der Waals surface area (Å²) in [6.07, 6.45) is 5.44. The predicted octanol–water partition coefficient (Wildman–Crippen LogP) is 3.20. The summed E-state index contributed by atoms with van der Waals surface area (Å²) in [5.74, 6) is 0.665. The lowest BCUT2D eigenvalue weighted by Crippen LogP contribution is -2.34. The minimum atomic E-state index is 0.276. The molecule has 15 heavy (non-hydrogen) atoms. The molecule has 1 aliphatic rings. The molecule has 0 aromatic carbocycles. The van der Waals surface area contributed by atoms with Crippen molar-refractivity contribution >= 4 is 21.8 Å². The second-order valence-electron chi connectivity index (χ2n) is 4.44. The molecule has 0 aromatic rings. The maximum atomic E-state index is 12.2. The van der Waals surface area contributed by atoms with Crippen LogP contribution in [-0.2, 0) is 4.79 Å². The minimum Gasteiger partial charge on any atom is -0.341 e. The molecule has 0 bridgehead atoms. The van der Waals surface area contributed by atoms with Crippen molar-refractivity contribution in [1.29, 1.82) is 0 Å². The average molecular weight is 276 g/mol. The summed E-state index contributed by atoms with van der Waals surface area (Å²) in [5, 5.41) is 0. The van der Waals surface area contributed by atoms with E-state index < -0.39 is 0 Å². The molecule has 1 amide bonds. The Morgan fingerprint density at radius 2 is 2.00 bits per heavy atom. The van der Waals surface area contributed by atoms with Crippen molar-refractivity contribution in [3.63, 3.8) is 0 Å². The third-order valence-electron chi connectivity index (χ3n) is 3.07. The van der Waals surface area contributed by atoms with E-state index in [0.717, 1.165) is 45.2 Å². The topological polar surface area (TPSA) is 20.3 Å². The van der Waals surface area contributed by atoms with Crippen LogP contribution in [0, 0.1) is 5.92 Å². The van der Waals surface area contributed by atoms with Crippen LogP contribution in [0.3, 0.4) is 0 Å². The van der Waals surface area contributed by atoms with Crippen LogP contribution >= 0.6 is 15.9 Å². The number of halogens is 1. The Labute approximate surface area is 102 Å². The van der Waals surface area contributed by atoms with Crippen LogP contribution < -0.4 is 0 Å². The van der Waals surface area contributed by atoms with Crippen molar-refractivity contribution in [3.8, 4) is 0 Å². The normalized spacial score (nSPS) is 21.3. The maximum absolute atomic E-state index is 12.2. The first-order valence-electron chi connectivity index (χ1n) is 6.11. The molecule has 3 heteroatoms. The first kappa shape index (κ1) is 13.0. The Hall–Kier alpha value is -0.0500. The third kappa shape index (κ3) is 3.78. The smallest absolute Gasteiger partial charge is 0.225 e. The van der Waals surface area contributed by atoms with Gasteiger partial charge >= 0.3 is 0 Å². The highest BCUT2D eigenvalue weighted by molar-refractivity contribution is 9.09. The SMILES string of the molecule is CCCC(CCC)C(=O)N1CCC(Br)C1. The maximum Gasteiger partial charge on any atom is 0.225 e. The third-order valence-corrected chi connectivity index (χ3v) is 3.81. The van der Waals surface area contributed by atoms with Gasteiger partial charge in [-0.2, -0.15) is 0 Å². The van der Waals surface area contributed by atoms with E-state index in [9.17, 15) is 4.79 Å². The number of amides is 1. The van der Waals surface area contributed by atoms with E-state index in [0.29, 0.717) is 10.7 Å². The van der Waals surface area contributed by atoms with Gasteiger partial charge in [0.2, 0.25) is 5.91 Å². The van der Waals surface area contributed by atoms with Gasteiger partial charge in [0, 0.05) is 23.8 Å². The second kappa shape index (κ2) is 6.51. The van der Waals surface area contributed by atoms with Gasteiger partial charge in [-0.15, -0.1) is 0 Å². The lowest BCUT2D eigenvalue weighted by molar-refractivity contribution is -0.134. The molecule has 1 fully saturated rings. The number of likely N-dealkylation sites (tertiary alicyclic amines) is 1. The van der Waals surface area contributed by atoms with Crippen molar-refractivity contribution in [2.75, 3.05) is 13.1 Å². The number of carbonyl (C=O) groups is 1. The summed E-state index contributed by atoms with van der Waals surface area (Å²) in [4.78, 5) is 14.7. The highest BCUT2D eigenvalue weighted by Crippen LogP contribution is 2.22. The summed E-state index contributed by atoms with van der Waals surface area (Å²) < 4.78 is 0. The van der Waals surface area contributed by atoms with Gasteiger partial charge < -0.3 is 4.90 Å². The van der Waals surface area contributed by atoms with Gasteiger partial charge in [-0.3, -0.25) is 4.79 Å². The molecule has 0 N–H and O–H groups in total. The summed E-state index contributed by atoms with van der Waals surface area (Å²) >= 11 is 3.58.